The minimum atomic E-state index is -0.833. The van der Waals surface area contributed by atoms with Crippen molar-refractivity contribution in [2.45, 2.75) is 69.5 Å². The van der Waals surface area contributed by atoms with Gasteiger partial charge in [0.2, 0.25) is 17.7 Å². The summed E-state index contributed by atoms with van der Waals surface area (Å²) in [7, 11) is 1.68. The van der Waals surface area contributed by atoms with Crippen molar-refractivity contribution in [3.8, 4) is 11.1 Å². The van der Waals surface area contributed by atoms with Gasteiger partial charge in [-0.05, 0) is 72.9 Å². The molecule has 3 N–H and O–H groups in total. The van der Waals surface area contributed by atoms with Crippen molar-refractivity contribution in [3.05, 3.63) is 144 Å². The molecule has 4 aromatic carbocycles. The fraction of sp³-hybridized carbons (Fsp3) is 0.326. The SMILES string of the molecule is CCN(C(=O)[C@@H](Cc1ccc(-c2ccccc2)cc1)N(C)C(=O)/C=C/CC1(N)CCC1)[C@H](Cc1ccccc1)C(=O)NCCc1ccccc1. The molecular formula is C43H50N4O3. The highest BCUT2D eigenvalue weighted by Crippen LogP contribution is 2.32. The van der Waals surface area contributed by atoms with Crippen LogP contribution in [0, 0.1) is 0 Å². The summed E-state index contributed by atoms with van der Waals surface area (Å²) in [5.41, 5.74) is 11.3. The first-order valence-electron chi connectivity index (χ1n) is 17.8. The zero-order valence-electron chi connectivity index (χ0n) is 29.3. The molecule has 0 aromatic heterocycles. The molecule has 0 radical (unpaired) electrons. The summed E-state index contributed by atoms with van der Waals surface area (Å²) < 4.78 is 0. The van der Waals surface area contributed by atoms with Crippen LogP contribution in [-0.4, -0.2) is 65.3 Å². The second-order valence-electron chi connectivity index (χ2n) is 13.4. The number of nitrogens with two attached hydrogens (primary N) is 1. The second kappa shape index (κ2) is 17.6. The van der Waals surface area contributed by atoms with E-state index in [2.05, 4.69) is 17.4 Å². The third-order valence-corrected chi connectivity index (χ3v) is 9.85. The van der Waals surface area contributed by atoms with Gasteiger partial charge in [-0.1, -0.05) is 121 Å². The molecule has 0 spiro atoms. The van der Waals surface area contributed by atoms with Crippen molar-refractivity contribution in [2.75, 3.05) is 20.1 Å². The van der Waals surface area contributed by atoms with Crippen molar-refractivity contribution >= 4 is 17.7 Å². The number of nitrogens with zero attached hydrogens (tertiary/aromatic N) is 2. The maximum absolute atomic E-state index is 14.7. The molecule has 1 aliphatic carbocycles. The summed E-state index contributed by atoms with van der Waals surface area (Å²) in [4.78, 5) is 45.5. The van der Waals surface area contributed by atoms with Gasteiger partial charge in [-0.2, -0.15) is 0 Å². The third kappa shape index (κ3) is 9.79. The average Bonchev–Trinajstić information content (AvgIpc) is 3.14. The molecule has 2 atom stereocenters. The Morgan fingerprint density at radius 1 is 0.760 bits per heavy atom. The van der Waals surface area contributed by atoms with Gasteiger partial charge < -0.3 is 20.9 Å². The average molecular weight is 671 g/mol. The van der Waals surface area contributed by atoms with Crippen LogP contribution in [-0.2, 0) is 33.6 Å². The molecule has 1 saturated carbocycles. The summed E-state index contributed by atoms with van der Waals surface area (Å²) in [6, 6.07) is 36.4. The summed E-state index contributed by atoms with van der Waals surface area (Å²) in [5.74, 6) is -0.749. The van der Waals surface area contributed by atoms with Gasteiger partial charge in [0.1, 0.15) is 12.1 Å². The number of hydrogen-bond donors (Lipinski definition) is 2. The topological polar surface area (TPSA) is 95.7 Å². The van der Waals surface area contributed by atoms with Crippen LogP contribution in [0.4, 0.5) is 0 Å². The van der Waals surface area contributed by atoms with E-state index < -0.39 is 12.1 Å². The summed E-state index contributed by atoms with van der Waals surface area (Å²) in [6.45, 7) is 2.64. The van der Waals surface area contributed by atoms with Gasteiger partial charge in [-0.15, -0.1) is 0 Å². The Hall–Kier alpha value is -5.01. The van der Waals surface area contributed by atoms with Gasteiger partial charge in [0, 0.05) is 38.5 Å². The molecule has 0 saturated heterocycles. The third-order valence-electron chi connectivity index (χ3n) is 9.85. The molecule has 4 aromatic rings. The number of rotatable bonds is 16. The van der Waals surface area contributed by atoms with Gasteiger partial charge in [0.05, 0.1) is 0 Å². The largest absolute Gasteiger partial charge is 0.354 e. The molecule has 5 rings (SSSR count). The Bertz CT molecular complexity index is 1700. The molecule has 260 valence electrons. The van der Waals surface area contributed by atoms with E-state index in [0.717, 1.165) is 47.1 Å². The first-order chi connectivity index (χ1) is 24.3. The molecule has 50 heavy (non-hydrogen) atoms. The van der Waals surface area contributed by atoms with Crippen molar-refractivity contribution < 1.29 is 14.4 Å². The molecule has 1 fully saturated rings. The Labute approximate surface area is 297 Å². The lowest BCUT2D eigenvalue weighted by Crippen LogP contribution is -2.57. The molecule has 0 unspecified atom stereocenters. The smallest absolute Gasteiger partial charge is 0.246 e. The van der Waals surface area contributed by atoms with Crippen molar-refractivity contribution in [2.24, 2.45) is 5.73 Å². The lowest BCUT2D eigenvalue weighted by molar-refractivity contribution is -0.147. The first-order valence-corrected chi connectivity index (χ1v) is 17.8. The number of likely N-dealkylation sites (N-methyl/N-ethyl adjacent to an activating group) is 2. The van der Waals surface area contributed by atoms with Crippen molar-refractivity contribution in [1.82, 2.24) is 15.1 Å². The van der Waals surface area contributed by atoms with Gasteiger partial charge in [-0.25, -0.2) is 0 Å². The molecule has 3 amide bonds. The molecular weight excluding hydrogens is 620 g/mol. The zero-order valence-corrected chi connectivity index (χ0v) is 29.3. The lowest BCUT2D eigenvalue weighted by atomic mass is 9.75. The maximum atomic E-state index is 14.7. The number of carbonyl (C=O) groups is 3. The van der Waals surface area contributed by atoms with E-state index in [-0.39, 0.29) is 23.3 Å². The van der Waals surface area contributed by atoms with Crippen LogP contribution in [0.2, 0.25) is 0 Å². The van der Waals surface area contributed by atoms with E-state index in [1.807, 2.05) is 116 Å². The van der Waals surface area contributed by atoms with Crippen LogP contribution in [0.5, 0.6) is 0 Å². The van der Waals surface area contributed by atoms with Gasteiger partial charge in [-0.3, -0.25) is 14.4 Å². The quantitative estimate of drug-likeness (QED) is 0.136. The molecule has 0 heterocycles. The van der Waals surface area contributed by atoms with E-state index >= 15 is 0 Å². The number of amides is 3. The number of carbonyl (C=O) groups excluding carboxylic acids is 3. The Morgan fingerprint density at radius 3 is 1.88 bits per heavy atom. The standard InChI is InChI=1S/C43H50N4O3/c1-3-47(38(31-34-17-9-5-10-18-34)41(49)45-30-26-33-15-7-4-8-16-33)42(50)39(46(2)40(48)21-13-27-43(44)28-14-29-43)32-35-22-24-37(25-23-35)36-19-11-6-12-20-36/h4-13,15-25,38-39H,3,14,26-32,44H2,1-2H3,(H,45,49)/b21-13+/t38-,39-/m1/s1. The highest BCUT2D eigenvalue weighted by Gasteiger charge is 2.36. The fourth-order valence-electron chi connectivity index (χ4n) is 6.57. The molecule has 7 heteroatoms. The predicted molar refractivity (Wildman–Crippen MR) is 201 cm³/mol. The van der Waals surface area contributed by atoms with Crippen LogP contribution in [0.15, 0.2) is 127 Å². The monoisotopic (exact) mass is 670 g/mol. The highest BCUT2D eigenvalue weighted by atomic mass is 16.2. The highest BCUT2D eigenvalue weighted by molar-refractivity contribution is 5.95. The second-order valence-corrected chi connectivity index (χ2v) is 13.4. The van der Waals surface area contributed by atoms with E-state index in [9.17, 15) is 14.4 Å². The minimum Gasteiger partial charge on any atom is -0.354 e. The van der Waals surface area contributed by atoms with Crippen LogP contribution in [0.25, 0.3) is 11.1 Å². The van der Waals surface area contributed by atoms with Crippen LogP contribution in [0.1, 0.15) is 49.3 Å². The van der Waals surface area contributed by atoms with E-state index in [0.29, 0.717) is 38.8 Å². The molecule has 1 aliphatic rings. The van der Waals surface area contributed by atoms with Crippen LogP contribution in [0.3, 0.4) is 0 Å². The van der Waals surface area contributed by atoms with Crippen LogP contribution >= 0.6 is 0 Å². The summed E-state index contributed by atoms with van der Waals surface area (Å²) in [5, 5.41) is 3.10. The Kier molecular flexibility index (Phi) is 12.8. The normalized spacial score (nSPS) is 14.7. The van der Waals surface area contributed by atoms with Crippen LogP contribution < -0.4 is 11.1 Å². The van der Waals surface area contributed by atoms with Crippen molar-refractivity contribution in [3.63, 3.8) is 0 Å². The molecule has 0 aliphatic heterocycles. The van der Waals surface area contributed by atoms with Gasteiger partial charge in [0.15, 0.2) is 0 Å². The zero-order chi connectivity index (χ0) is 35.3. The fourth-order valence-corrected chi connectivity index (χ4v) is 6.57. The Balaban J connectivity index is 1.40. The molecule has 7 nitrogen and oxygen atoms in total. The minimum absolute atomic E-state index is 0.214. The van der Waals surface area contributed by atoms with Gasteiger partial charge >= 0.3 is 0 Å². The van der Waals surface area contributed by atoms with E-state index in [1.165, 1.54) is 4.90 Å². The van der Waals surface area contributed by atoms with Crippen molar-refractivity contribution in [1.29, 1.82) is 0 Å². The number of hydrogen-bond acceptors (Lipinski definition) is 4. The Morgan fingerprint density at radius 2 is 1.30 bits per heavy atom. The first kappa shape index (κ1) is 36.3. The predicted octanol–water partition coefficient (Wildman–Crippen LogP) is 6.37. The summed E-state index contributed by atoms with van der Waals surface area (Å²) in [6.07, 6.45) is 8.33. The lowest BCUT2D eigenvalue weighted by Gasteiger charge is -2.37. The maximum Gasteiger partial charge on any atom is 0.246 e. The number of nitrogens with one attached hydrogen (secondary N) is 1. The number of benzene rings is 4. The summed E-state index contributed by atoms with van der Waals surface area (Å²) >= 11 is 0. The van der Waals surface area contributed by atoms with Gasteiger partial charge in [0.25, 0.3) is 0 Å². The van der Waals surface area contributed by atoms with E-state index in [4.69, 9.17) is 5.73 Å². The van der Waals surface area contributed by atoms with E-state index in [1.54, 1.807) is 18.0 Å². The molecule has 0 bridgehead atoms.